The van der Waals surface area contributed by atoms with Crippen LogP contribution in [0.1, 0.15) is 108 Å². The van der Waals surface area contributed by atoms with Crippen molar-refractivity contribution in [1.82, 2.24) is 0 Å². The Labute approximate surface area is 258 Å². The average Bonchev–Trinajstić information content (AvgIpc) is 2.84. The molecule has 2 nitrogen and oxygen atoms in total. The van der Waals surface area contributed by atoms with Crippen molar-refractivity contribution in [3.8, 4) is 0 Å². The third kappa shape index (κ3) is 11.9. The molecular weight excluding hydrogens is 512 g/mol. The molecule has 0 amide bonds. The fourth-order valence-electron chi connectivity index (χ4n) is 6.49. The predicted octanol–water partition coefficient (Wildman–Crippen LogP) is 10.8. The fraction of sp³-hybridized carbons (Fsp3) is 0.500. The molecule has 0 radical (unpaired) electrons. The van der Waals surface area contributed by atoms with Gasteiger partial charge in [0.1, 0.15) is 0 Å². The lowest BCUT2D eigenvalue weighted by Gasteiger charge is -2.37. The second-order valence-electron chi connectivity index (χ2n) is 14.0. The molecule has 2 unspecified atom stereocenters. The molecular formula is C40H58O2. The highest BCUT2D eigenvalue weighted by Gasteiger charge is 2.32. The lowest BCUT2D eigenvalue weighted by molar-refractivity contribution is 0.113. The summed E-state index contributed by atoms with van der Waals surface area (Å²) >= 11 is 0. The zero-order valence-electron chi connectivity index (χ0n) is 28.2. The van der Waals surface area contributed by atoms with Crippen LogP contribution in [-0.4, -0.2) is 22.4 Å². The van der Waals surface area contributed by atoms with E-state index in [1.165, 1.54) is 44.6 Å². The van der Waals surface area contributed by atoms with E-state index in [2.05, 4.69) is 142 Å². The second-order valence-corrected chi connectivity index (χ2v) is 14.0. The van der Waals surface area contributed by atoms with Crippen LogP contribution in [0.15, 0.2) is 117 Å². The first-order chi connectivity index (χ1) is 19.6. The average molecular weight is 571 g/mol. The zero-order chi connectivity index (χ0) is 31.5. The summed E-state index contributed by atoms with van der Waals surface area (Å²) in [4.78, 5) is 0. The first kappa shape index (κ1) is 35.5. The molecule has 0 saturated carbocycles. The first-order valence-corrected chi connectivity index (χ1v) is 15.7. The third-order valence-corrected chi connectivity index (χ3v) is 8.67. The molecule has 42 heavy (non-hydrogen) atoms. The molecule has 2 N–H and O–H groups in total. The highest BCUT2D eigenvalue weighted by molar-refractivity contribution is 5.38. The van der Waals surface area contributed by atoms with E-state index in [4.69, 9.17) is 0 Å². The number of hydrogen-bond donors (Lipinski definition) is 2. The summed E-state index contributed by atoms with van der Waals surface area (Å²) < 4.78 is 0. The maximum absolute atomic E-state index is 10.1. The molecule has 0 spiro atoms. The van der Waals surface area contributed by atoms with Gasteiger partial charge in [0.2, 0.25) is 0 Å². The monoisotopic (exact) mass is 570 g/mol. The highest BCUT2D eigenvalue weighted by Crippen LogP contribution is 2.43. The van der Waals surface area contributed by atoms with Gasteiger partial charge in [0, 0.05) is 0 Å². The molecule has 0 aromatic heterocycles. The summed E-state index contributed by atoms with van der Waals surface area (Å²) in [6.07, 6.45) is 30.7. The van der Waals surface area contributed by atoms with Crippen molar-refractivity contribution in [2.75, 3.05) is 0 Å². The summed E-state index contributed by atoms with van der Waals surface area (Å²) in [7, 11) is 0. The van der Waals surface area contributed by atoms with Crippen molar-refractivity contribution in [3.05, 3.63) is 117 Å². The molecule has 0 saturated heterocycles. The van der Waals surface area contributed by atoms with Gasteiger partial charge < -0.3 is 10.2 Å². The van der Waals surface area contributed by atoms with E-state index in [1.54, 1.807) is 0 Å². The van der Waals surface area contributed by atoms with Crippen LogP contribution >= 0.6 is 0 Å². The maximum Gasteiger partial charge on any atom is 0.0585 e. The van der Waals surface area contributed by atoms with Gasteiger partial charge in [0.15, 0.2) is 0 Å². The van der Waals surface area contributed by atoms with Gasteiger partial charge in [0.05, 0.1) is 12.2 Å². The van der Waals surface area contributed by atoms with Crippen molar-refractivity contribution in [2.45, 2.75) is 120 Å². The summed E-state index contributed by atoms with van der Waals surface area (Å²) in [6.45, 7) is 21.9. The van der Waals surface area contributed by atoms with Crippen LogP contribution in [0, 0.1) is 10.8 Å². The number of aliphatic hydroxyl groups is 2. The van der Waals surface area contributed by atoms with Crippen molar-refractivity contribution in [1.29, 1.82) is 0 Å². The van der Waals surface area contributed by atoms with Crippen LogP contribution < -0.4 is 0 Å². The molecule has 2 heteroatoms. The molecule has 0 heterocycles. The summed E-state index contributed by atoms with van der Waals surface area (Å²) in [5.41, 5.74) is 10.6. The topological polar surface area (TPSA) is 40.5 Å². The Kier molecular flexibility index (Phi) is 13.7. The molecule has 2 rings (SSSR count). The molecule has 230 valence electrons. The number of allylic oxidation sites excluding steroid dienone is 18. The smallest absolute Gasteiger partial charge is 0.0585 e. The van der Waals surface area contributed by atoms with E-state index in [0.29, 0.717) is 0 Å². The van der Waals surface area contributed by atoms with Crippen molar-refractivity contribution >= 4 is 0 Å². The summed E-state index contributed by atoms with van der Waals surface area (Å²) in [6, 6.07) is 0. The van der Waals surface area contributed by atoms with Crippen molar-refractivity contribution in [3.63, 3.8) is 0 Å². The lowest BCUT2D eigenvalue weighted by atomic mass is 9.70. The quantitative estimate of drug-likeness (QED) is 0.192. The highest BCUT2D eigenvalue weighted by atomic mass is 16.3. The Morgan fingerprint density at radius 1 is 0.667 bits per heavy atom. The Hall–Kier alpha value is -2.68. The maximum atomic E-state index is 10.1. The summed E-state index contributed by atoms with van der Waals surface area (Å²) in [5.74, 6) is 0. The molecule has 2 aliphatic rings. The van der Waals surface area contributed by atoms with Gasteiger partial charge in [-0.15, -0.1) is 0 Å². The first-order valence-electron chi connectivity index (χ1n) is 15.7. The molecule has 2 aliphatic carbocycles. The minimum Gasteiger partial charge on any atom is -0.393 e. The molecule has 0 aromatic carbocycles. The standard InChI is InChI=1S/C40H58O2/c1-29(17-13-19-31(3)21-23-37-33(5)25-35(41)27-39(37,7)8)15-11-12-16-30(2)18-14-20-32(4)22-24-38-34(6)26-36(42)28-40(38,9)10/h11-21,23,35-36,41-42H,22,24-28H2,1-10H3/b12-11+,17-13+,18-14+,23-21+,29-15+,30-16+,31-19+,32-20+. The second kappa shape index (κ2) is 16.2. The minimum atomic E-state index is -0.224. The van der Waals surface area contributed by atoms with Gasteiger partial charge in [0.25, 0.3) is 0 Å². The van der Waals surface area contributed by atoms with E-state index in [-0.39, 0.29) is 23.0 Å². The van der Waals surface area contributed by atoms with Crippen LogP contribution in [0.4, 0.5) is 0 Å². The van der Waals surface area contributed by atoms with Crippen LogP contribution in [0.3, 0.4) is 0 Å². The van der Waals surface area contributed by atoms with Crippen LogP contribution in [0.5, 0.6) is 0 Å². The Morgan fingerprint density at radius 3 is 1.69 bits per heavy atom. The fourth-order valence-corrected chi connectivity index (χ4v) is 6.49. The van der Waals surface area contributed by atoms with Crippen LogP contribution in [-0.2, 0) is 0 Å². The zero-order valence-corrected chi connectivity index (χ0v) is 28.2. The molecule has 2 atom stereocenters. The molecule has 0 fully saturated rings. The number of rotatable bonds is 11. The van der Waals surface area contributed by atoms with E-state index in [9.17, 15) is 10.2 Å². The number of aliphatic hydroxyl groups excluding tert-OH is 2. The van der Waals surface area contributed by atoms with Gasteiger partial charge in [-0.3, -0.25) is 0 Å². The van der Waals surface area contributed by atoms with Gasteiger partial charge in [-0.05, 0) is 96.5 Å². The largest absolute Gasteiger partial charge is 0.393 e. The Morgan fingerprint density at radius 2 is 1.14 bits per heavy atom. The van der Waals surface area contributed by atoms with Crippen LogP contribution in [0.25, 0.3) is 0 Å². The normalized spacial score (nSPS) is 24.9. The van der Waals surface area contributed by atoms with Gasteiger partial charge in [-0.1, -0.05) is 140 Å². The predicted molar refractivity (Wildman–Crippen MR) is 184 cm³/mol. The van der Waals surface area contributed by atoms with Crippen LogP contribution in [0.2, 0.25) is 0 Å². The van der Waals surface area contributed by atoms with E-state index in [0.717, 1.165) is 38.5 Å². The third-order valence-electron chi connectivity index (χ3n) is 8.67. The van der Waals surface area contributed by atoms with Crippen molar-refractivity contribution < 1.29 is 10.2 Å². The van der Waals surface area contributed by atoms with Gasteiger partial charge >= 0.3 is 0 Å². The molecule has 0 aliphatic heterocycles. The van der Waals surface area contributed by atoms with E-state index in [1.807, 2.05) is 0 Å². The van der Waals surface area contributed by atoms with Gasteiger partial charge in [-0.2, -0.15) is 0 Å². The van der Waals surface area contributed by atoms with E-state index < -0.39 is 0 Å². The Balaban J connectivity index is 1.86. The minimum absolute atomic E-state index is 0.00810. The van der Waals surface area contributed by atoms with Gasteiger partial charge in [-0.25, -0.2) is 0 Å². The lowest BCUT2D eigenvalue weighted by Crippen LogP contribution is -2.29. The SMILES string of the molecule is CC1=C(/C=C/C(C)=C/C=C/C(C)=C/C=C/C=C(C)/C=C/C=C(\C)CCC2=C(C)CC(O)CC2(C)C)C(C)(C)CC(O)C1. The van der Waals surface area contributed by atoms with E-state index >= 15 is 0 Å². The molecule has 0 bridgehead atoms. The molecule has 0 aromatic rings. The Bertz CT molecular complexity index is 1240. The van der Waals surface area contributed by atoms with Crippen molar-refractivity contribution in [2.24, 2.45) is 10.8 Å². The number of hydrogen-bond acceptors (Lipinski definition) is 2. The summed E-state index contributed by atoms with van der Waals surface area (Å²) in [5, 5.41) is 20.2.